The molecule has 0 atom stereocenters. The Bertz CT molecular complexity index is 1190. The van der Waals surface area contributed by atoms with Gasteiger partial charge in [0, 0.05) is 20.2 Å². The standard InChI is InChI=1S/C23H17Br2N3O4/c1-14-3-2-4-15(11-14)23(31)32-20-10-7-18(25)12-16(20)13-26-28-22(30)21(29)27-19-8-5-17(24)6-9-19/h2-13H,1H3,(H,27,29)(H,28,30)/b26-13-. The number of hydrogen-bond acceptors (Lipinski definition) is 5. The molecule has 7 nitrogen and oxygen atoms in total. The number of amides is 2. The van der Waals surface area contributed by atoms with Gasteiger partial charge in [-0.3, -0.25) is 9.59 Å². The predicted octanol–water partition coefficient (Wildman–Crippen LogP) is 4.83. The van der Waals surface area contributed by atoms with Gasteiger partial charge in [-0.25, -0.2) is 10.2 Å². The molecule has 3 aromatic carbocycles. The molecule has 0 aliphatic carbocycles. The van der Waals surface area contributed by atoms with Crippen LogP contribution in [0.25, 0.3) is 0 Å². The van der Waals surface area contributed by atoms with Gasteiger partial charge in [-0.1, -0.05) is 49.6 Å². The van der Waals surface area contributed by atoms with Crippen molar-refractivity contribution in [3.05, 3.63) is 92.4 Å². The lowest BCUT2D eigenvalue weighted by atomic mass is 10.1. The molecule has 0 aliphatic rings. The maximum atomic E-state index is 12.5. The van der Waals surface area contributed by atoms with Crippen molar-refractivity contribution in [2.75, 3.05) is 5.32 Å². The number of halogens is 2. The molecule has 0 fully saturated rings. The Morgan fingerprint density at radius 1 is 0.906 bits per heavy atom. The number of aryl methyl sites for hydroxylation is 1. The van der Waals surface area contributed by atoms with Gasteiger partial charge in [0.05, 0.1) is 11.8 Å². The van der Waals surface area contributed by atoms with Crippen LogP contribution >= 0.6 is 31.9 Å². The summed E-state index contributed by atoms with van der Waals surface area (Å²) in [6.07, 6.45) is 1.29. The van der Waals surface area contributed by atoms with Crippen molar-refractivity contribution in [2.45, 2.75) is 6.92 Å². The van der Waals surface area contributed by atoms with Crippen molar-refractivity contribution in [2.24, 2.45) is 5.10 Å². The smallest absolute Gasteiger partial charge is 0.343 e. The summed E-state index contributed by atoms with van der Waals surface area (Å²) in [7, 11) is 0. The monoisotopic (exact) mass is 557 g/mol. The van der Waals surface area contributed by atoms with Crippen LogP contribution in [0.3, 0.4) is 0 Å². The Morgan fingerprint density at radius 2 is 1.62 bits per heavy atom. The van der Waals surface area contributed by atoms with E-state index >= 15 is 0 Å². The largest absolute Gasteiger partial charge is 0.422 e. The van der Waals surface area contributed by atoms with Crippen LogP contribution in [0.1, 0.15) is 21.5 Å². The summed E-state index contributed by atoms with van der Waals surface area (Å²) < 4.78 is 7.05. The van der Waals surface area contributed by atoms with Crippen LogP contribution in [0.5, 0.6) is 5.75 Å². The van der Waals surface area contributed by atoms with Gasteiger partial charge in [0.25, 0.3) is 0 Å². The van der Waals surface area contributed by atoms with Crippen molar-refractivity contribution in [1.29, 1.82) is 0 Å². The topological polar surface area (TPSA) is 96.9 Å². The Kier molecular flexibility index (Phi) is 7.91. The van der Waals surface area contributed by atoms with E-state index in [0.29, 0.717) is 21.3 Å². The molecule has 3 rings (SSSR count). The molecule has 9 heteroatoms. The number of benzene rings is 3. The average Bonchev–Trinajstić information content (AvgIpc) is 2.77. The maximum Gasteiger partial charge on any atom is 0.343 e. The van der Waals surface area contributed by atoms with Gasteiger partial charge in [-0.05, 0) is 61.5 Å². The van der Waals surface area contributed by atoms with E-state index in [4.69, 9.17) is 4.74 Å². The normalized spacial score (nSPS) is 10.6. The second-order valence-corrected chi connectivity index (χ2v) is 8.43. The molecule has 0 saturated heterocycles. The number of ether oxygens (including phenoxy) is 1. The number of carbonyl (C=O) groups excluding carboxylic acids is 3. The fourth-order valence-corrected chi connectivity index (χ4v) is 3.22. The van der Waals surface area contributed by atoms with Gasteiger partial charge in [0.1, 0.15) is 5.75 Å². The maximum absolute atomic E-state index is 12.5. The summed E-state index contributed by atoms with van der Waals surface area (Å²) in [5, 5.41) is 6.27. The zero-order chi connectivity index (χ0) is 23.1. The number of esters is 1. The van der Waals surface area contributed by atoms with E-state index in [9.17, 15) is 14.4 Å². The molecule has 3 aromatic rings. The molecule has 162 valence electrons. The highest BCUT2D eigenvalue weighted by Gasteiger charge is 2.14. The van der Waals surface area contributed by atoms with Crippen LogP contribution < -0.4 is 15.5 Å². The molecule has 0 unspecified atom stereocenters. The fraction of sp³-hybridized carbons (Fsp3) is 0.0435. The summed E-state index contributed by atoms with van der Waals surface area (Å²) in [4.78, 5) is 36.5. The molecule has 32 heavy (non-hydrogen) atoms. The van der Waals surface area contributed by atoms with Gasteiger partial charge < -0.3 is 10.1 Å². The fourth-order valence-electron chi connectivity index (χ4n) is 2.58. The third-order valence-corrected chi connectivity index (χ3v) is 5.13. The number of nitrogens with one attached hydrogen (secondary N) is 2. The average molecular weight is 559 g/mol. The van der Waals surface area contributed by atoms with Crippen LogP contribution in [0, 0.1) is 6.92 Å². The van der Waals surface area contributed by atoms with E-state index in [1.54, 1.807) is 60.7 Å². The summed E-state index contributed by atoms with van der Waals surface area (Å²) in [6, 6.07) is 18.8. The van der Waals surface area contributed by atoms with Crippen molar-refractivity contribution < 1.29 is 19.1 Å². The molecule has 2 N–H and O–H groups in total. The molecule has 2 amide bonds. The minimum absolute atomic E-state index is 0.247. The Labute approximate surface area is 201 Å². The van der Waals surface area contributed by atoms with Crippen LogP contribution in [-0.2, 0) is 9.59 Å². The van der Waals surface area contributed by atoms with Crippen LogP contribution in [0.2, 0.25) is 0 Å². The number of hydrazone groups is 1. The molecule has 0 bridgehead atoms. The van der Waals surface area contributed by atoms with Crippen molar-refractivity contribution >= 4 is 61.5 Å². The number of nitrogens with zero attached hydrogens (tertiary/aromatic N) is 1. The van der Waals surface area contributed by atoms with E-state index in [2.05, 4.69) is 47.7 Å². The van der Waals surface area contributed by atoms with E-state index < -0.39 is 17.8 Å². The Hall–Kier alpha value is -3.30. The summed E-state index contributed by atoms with van der Waals surface area (Å²) >= 11 is 6.64. The molecule has 0 radical (unpaired) electrons. The van der Waals surface area contributed by atoms with Crippen LogP contribution in [0.15, 0.2) is 80.8 Å². The minimum Gasteiger partial charge on any atom is -0.422 e. The lowest BCUT2D eigenvalue weighted by Crippen LogP contribution is -2.32. The first-order chi connectivity index (χ1) is 15.3. The molecule has 0 aromatic heterocycles. The number of carbonyl (C=O) groups is 3. The third kappa shape index (κ3) is 6.60. The molecular formula is C23H17Br2N3O4. The quantitative estimate of drug-likeness (QED) is 0.154. The predicted molar refractivity (Wildman–Crippen MR) is 129 cm³/mol. The summed E-state index contributed by atoms with van der Waals surface area (Å²) in [5.41, 5.74) is 4.39. The zero-order valence-electron chi connectivity index (χ0n) is 16.8. The summed E-state index contributed by atoms with van der Waals surface area (Å²) in [6.45, 7) is 1.88. The third-order valence-electron chi connectivity index (χ3n) is 4.11. The first kappa shape index (κ1) is 23.4. The van der Waals surface area contributed by atoms with Crippen molar-refractivity contribution in [3.63, 3.8) is 0 Å². The van der Waals surface area contributed by atoms with Gasteiger partial charge in [-0.15, -0.1) is 0 Å². The van der Waals surface area contributed by atoms with E-state index in [1.165, 1.54) is 6.21 Å². The molecule has 0 saturated carbocycles. The molecular weight excluding hydrogens is 542 g/mol. The first-order valence-corrected chi connectivity index (χ1v) is 10.9. The minimum atomic E-state index is -0.947. The van der Waals surface area contributed by atoms with E-state index in [-0.39, 0.29) is 5.75 Å². The Balaban J connectivity index is 1.66. The van der Waals surface area contributed by atoms with E-state index in [0.717, 1.165) is 10.0 Å². The van der Waals surface area contributed by atoms with Crippen molar-refractivity contribution in [3.8, 4) is 5.75 Å². The Morgan fingerprint density at radius 3 is 2.34 bits per heavy atom. The first-order valence-electron chi connectivity index (χ1n) is 9.30. The molecule has 0 aliphatic heterocycles. The molecule has 0 spiro atoms. The highest BCUT2D eigenvalue weighted by atomic mass is 79.9. The second-order valence-electron chi connectivity index (χ2n) is 6.60. The lowest BCUT2D eigenvalue weighted by molar-refractivity contribution is -0.136. The number of hydrogen-bond donors (Lipinski definition) is 2. The van der Waals surface area contributed by atoms with Crippen LogP contribution in [0.4, 0.5) is 5.69 Å². The lowest BCUT2D eigenvalue weighted by Gasteiger charge is -2.08. The summed E-state index contributed by atoms with van der Waals surface area (Å²) in [5.74, 6) is -2.09. The molecule has 0 heterocycles. The van der Waals surface area contributed by atoms with Crippen molar-refractivity contribution in [1.82, 2.24) is 5.43 Å². The SMILES string of the molecule is Cc1cccc(C(=O)Oc2ccc(Br)cc2/C=N\NC(=O)C(=O)Nc2ccc(Br)cc2)c1. The van der Waals surface area contributed by atoms with E-state index in [1.807, 2.05) is 13.0 Å². The highest BCUT2D eigenvalue weighted by molar-refractivity contribution is 9.10. The van der Waals surface area contributed by atoms with Gasteiger partial charge in [0.15, 0.2) is 0 Å². The van der Waals surface area contributed by atoms with Gasteiger partial charge in [0.2, 0.25) is 0 Å². The van der Waals surface area contributed by atoms with Gasteiger partial charge >= 0.3 is 17.8 Å². The zero-order valence-corrected chi connectivity index (χ0v) is 19.9. The highest BCUT2D eigenvalue weighted by Crippen LogP contribution is 2.23. The van der Waals surface area contributed by atoms with Crippen LogP contribution in [-0.4, -0.2) is 24.0 Å². The van der Waals surface area contributed by atoms with Gasteiger partial charge in [-0.2, -0.15) is 5.10 Å². The number of rotatable bonds is 5. The second kappa shape index (κ2) is 10.8. The number of anilines is 1.